The summed E-state index contributed by atoms with van der Waals surface area (Å²) in [5, 5.41) is 0. The molecule has 1 aromatic carbocycles. The van der Waals surface area contributed by atoms with E-state index in [-0.39, 0.29) is 5.78 Å². The Morgan fingerprint density at radius 3 is 2.20 bits per heavy atom. The van der Waals surface area contributed by atoms with Crippen LogP contribution in [0.3, 0.4) is 0 Å². The zero-order valence-corrected chi connectivity index (χ0v) is 6.56. The molecule has 2 heteroatoms. The summed E-state index contributed by atoms with van der Waals surface area (Å²) >= 11 is 4.09. The molecule has 1 aromatic rings. The summed E-state index contributed by atoms with van der Waals surface area (Å²) in [7, 11) is 0. The molecule has 0 fully saturated rings. The topological polar surface area (TPSA) is 17.1 Å². The van der Waals surface area contributed by atoms with Crippen LogP contribution in [0.1, 0.15) is 17.3 Å². The van der Waals surface area contributed by atoms with E-state index < -0.39 is 0 Å². The third-order valence-electron chi connectivity index (χ3n) is 1.27. The van der Waals surface area contributed by atoms with Crippen LogP contribution in [0.2, 0.25) is 0 Å². The zero-order valence-electron chi connectivity index (χ0n) is 5.66. The lowest BCUT2D eigenvalue weighted by Crippen LogP contribution is -1.89. The number of Topliss-reactive ketones (excluding diaryl/α,β-unsaturated/α-hetero) is 1. The van der Waals surface area contributed by atoms with Crippen LogP contribution in [-0.2, 0) is 0 Å². The molecule has 1 nitrogen and oxygen atoms in total. The van der Waals surface area contributed by atoms with Crippen molar-refractivity contribution < 1.29 is 4.79 Å². The molecule has 0 amide bonds. The smallest absolute Gasteiger partial charge is 0.159 e. The second kappa shape index (κ2) is 2.88. The quantitative estimate of drug-likeness (QED) is 0.482. The van der Waals surface area contributed by atoms with E-state index in [0.29, 0.717) is 0 Å². The third-order valence-corrected chi connectivity index (χ3v) is 1.57. The molecule has 0 saturated heterocycles. The lowest BCUT2D eigenvalue weighted by molar-refractivity contribution is 0.101. The first-order chi connectivity index (χ1) is 4.70. The first-order valence-corrected chi connectivity index (χ1v) is 3.45. The standard InChI is InChI=1S/C8H8OS/c1-6(9)7-2-4-8(10)5-3-7/h2-5,10H,1H3. The average Bonchev–Trinajstić information content (AvgIpc) is 1.88. The number of thiol groups is 1. The summed E-state index contributed by atoms with van der Waals surface area (Å²) in [5.41, 5.74) is 0.734. The molecule has 0 bridgehead atoms. The number of ketones is 1. The molecule has 0 saturated carbocycles. The Kier molecular flexibility index (Phi) is 2.12. The molecule has 0 aliphatic carbocycles. The second-order valence-electron chi connectivity index (χ2n) is 2.10. The van der Waals surface area contributed by atoms with Crippen LogP contribution in [-0.4, -0.2) is 5.78 Å². The van der Waals surface area contributed by atoms with Crippen molar-refractivity contribution in [2.24, 2.45) is 0 Å². The molecule has 0 aliphatic heterocycles. The zero-order chi connectivity index (χ0) is 7.56. The molecule has 0 aliphatic rings. The van der Waals surface area contributed by atoms with E-state index in [2.05, 4.69) is 12.6 Å². The van der Waals surface area contributed by atoms with Gasteiger partial charge in [-0.15, -0.1) is 12.6 Å². The minimum Gasteiger partial charge on any atom is -0.295 e. The van der Waals surface area contributed by atoms with E-state index in [0.717, 1.165) is 10.5 Å². The van der Waals surface area contributed by atoms with E-state index in [1.165, 1.54) is 0 Å². The molecule has 0 atom stereocenters. The van der Waals surface area contributed by atoms with E-state index in [1.807, 2.05) is 0 Å². The summed E-state index contributed by atoms with van der Waals surface area (Å²) in [6, 6.07) is 7.15. The first kappa shape index (κ1) is 7.35. The van der Waals surface area contributed by atoms with Gasteiger partial charge in [-0.2, -0.15) is 0 Å². The van der Waals surface area contributed by atoms with Crippen molar-refractivity contribution in [3.8, 4) is 0 Å². The molecule has 0 heterocycles. The third kappa shape index (κ3) is 1.61. The van der Waals surface area contributed by atoms with Gasteiger partial charge in [0, 0.05) is 10.5 Å². The van der Waals surface area contributed by atoms with Gasteiger partial charge in [-0.3, -0.25) is 4.79 Å². The van der Waals surface area contributed by atoms with Crippen LogP contribution >= 0.6 is 12.6 Å². The molecular formula is C8H8OS. The Hall–Kier alpha value is -0.760. The van der Waals surface area contributed by atoms with Gasteiger partial charge < -0.3 is 0 Å². The average molecular weight is 152 g/mol. The molecule has 52 valence electrons. The second-order valence-corrected chi connectivity index (χ2v) is 2.62. The monoisotopic (exact) mass is 152 g/mol. The molecular weight excluding hydrogens is 144 g/mol. The van der Waals surface area contributed by atoms with E-state index >= 15 is 0 Å². The normalized spacial score (nSPS) is 9.40. The van der Waals surface area contributed by atoms with Gasteiger partial charge in [0.15, 0.2) is 5.78 Å². The lowest BCUT2D eigenvalue weighted by Gasteiger charge is -1.93. The molecule has 0 radical (unpaired) electrons. The number of carbonyl (C=O) groups is 1. The van der Waals surface area contributed by atoms with Crippen molar-refractivity contribution in [1.82, 2.24) is 0 Å². The van der Waals surface area contributed by atoms with Crippen molar-refractivity contribution >= 4 is 18.4 Å². The maximum absolute atomic E-state index is 10.7. The number of hydrogen-bond acceptors (Lipinski definition) is 2. The highest BCUT2D eigenvalue weighted by molar-refractivity contribution is 7.80. The Bertz CT molecular complexity index is 238. The van der Waals surface area contributed by atoms with Crippen LogP contribution < -0.4 is 0 Å². The predicted molar refractivity (Wildman–Crippen MR) is 43.7 cm³/mol. The van der Waals surface area contributed by atoms with Crippen molar-refractivity contribution in [2.75, 3.05) is 0 Å². The van der Waals surface area contributed by atoms with Crippen molar-refractivity contribution in [3.05, 3.63) is 29.8 Å². The van der Waals surface area contributed by atoms with Gasteiger partial charge in [0.1, 0.15) is 0 Å². The SMILES string of the molecule is CC(=O)c1ccc(S)cc1. The maximum Gasteiger partial charge on any atom is 0.159 e. The largest absolute Gasteiger partial charge is 0.295 e. The summed E-state index contributed by atoms with van der Waals surface area (Å²) < 4.78 is 0. The highest BCUT2D eigenvalue weighted by Gasteiger charge is 1.95. The number of carbonyl (C=O) groups excluding carboxylic acids is 1. The van der Waals surface area contributed by atoms with Gasteiger partial charge in [0.25, 0.3) is 0 Å². The van der Waals surface area contributed by atoms with Crippen molar-refractivity contribution in [1.29, 1.82) is 0 Å². The van der Waals surface area contributed by atoms with Crippen molar-refractivity contribution in [3.63, 3.8) is 0 Å². The molecule has 10 heavy (non-hydrogen) atoms. The number of hydrogen-bond donors (Lipinski definition) is 1. The van der Waals surface area contributed by atoms with Crippen LogP contribution in [0.15, 0.2) is 29.2 Å². The summed E-state index contributed by atoms with van der Waals surface area (Å²) in [4.78, 5) is 11.6. The minimum absolute atomic E-state index is 0.0910. The van der Waals surface area contributed by atoms with Gasteiger partial charge in [0.2, 0.25) is 0 Å². The predicted octanol–water partition coefficient (Wildman–Crippen LogP) is 2.18. The molecule has 0 spiro atoms. The molecule has 0 aromatic heterocycles. The van der Waals surface area contributed by atoms with Gasteiger partial charge in [-0.1, -0.05) is 12.1 Å². The van der Waals surface area contributed by atoms with Gasteiger partial charge >= 0.3 is 0 Å². The Morgan fingerprint density at radius 1 is 1.30 bits per heavy atom. The van der Waals surface area contributed by atoms with E-state index in [4.69, 9.17) is 0 Å². The first-order valence-electron chi connectivity index (χ1n) is 3.00. The molecule has 1 rings (SSSR count). The number of rotatable bonds is 1. The fourth-order valence-electron chi connectivity index (χ4n) is 0.696. The van der Waals surface area contributed by atoms with Crippen molar-refractivity contribution in [2.45, 2.75) is 11.8 Å². The van der Waals surface area contributed by atoms with Crippen LogP contribution in [0.25, 0.3) is 0 Å². The van der Waals surface area contributed by atoms with Gasteiger partial charge in [-0.05, 0) is 19.1 Å². The Labute approximate surface area is 65.5 Å². The van der Waals surface area contributed by atoms with Crippen LogP contribution in [0.4, 0.5) is 0 Å². The molecule has 0 N–H and O–H groups in total. The van der Waals surface area contributed by atoms with Gasteiger partial charge in [0.05, 0.1) is 0 Å². The maximum atomic E-state index is 10.7. The van der Waals surface area contributed by atoms with E-state index in [9.17, 15) is 4.79 Å². The van der Waals surface area contributed by atoms with Crippen LogP contribution in [0, 0.1) is 0 Å². The summed E-state index contributed by atoms with van der Waals surface area (Å²) in [6.45, 7) is 1.55. The Balaban J connectivity index is 3.00. The molecule has 0 unspecified atom stereocenters. The Morgan fingerprint density at radius 2 is 1.80 bits per heavy atom. The van der Waals surface area contributed by atoms with Gasteiger partial charge in [-0.25, -0.2) is 0 Å². The fraction of sp³-hybridized carbons (Fsp3) is 0.125. The highest BCUT2D eigenvalue weighted by Crippen LogP contribution is 2.07. The fourth-order valence-corrected chi connectivity index (χ4v) is 0.845. The lowest BCUT2D eigenvalue weighted by atomic mass is 10.2. The van der Waals surface area contributed by atoms with E-state index in [1.54, 1.807) is 31.2 Å². The summed E-state index contributed by atoms with van der Waals surface area (Å²) in [5.74, 6) is 0.0910. The van der Waals surface area contributed by atoms with Crippen LogP contribution in [0.5, 0.6) is 0 Å². The number of benzene rings is 1. The summed E-state index contributed by atoms with van der Waals surface area (Å²) in [6.07, 6.45) is 0. The highest BCUT2D eigenvalue weighted by atomic mass is 32.1. The minimum atomic E-state index is 0.0910.